The van der Waals surface area contributed by atoms with E-state index in [0.29, 0.717) is 5.41 Å². The first-order valence-electron chi connectivity index (χ1n) is 5.95. The predicted octanol–water partition coefficient (Wildman–Crippen LogP) is 3.48. The Bertz CT molecular complexity index is 264. The van der Waals surface area contributed by atoms with E-state index in [1.54, 1.807) is 0 Å². The lowest BCUT2D eigenvalue weighted by molar-refractivity contribution is 0.0126. The fourth-order valence-corrected chi connectivity index (χ4v) is 3.23. The summed E-state index contributed by atoms with van der Waals surface area (Å²) in [7, 11) is 0. The standard InChI is InChI=1S/C10H18O.C4H6O/c1-9(2)7-4-5-10(9,3)8(11)6-7;1-3-5-4-2/h7-8,11H,4-6H2,1-3H3;3-4H,1-2H2/t7-,8-,10-;/m1./s1. The molecule has 0 aromatic rings. The average Bonchev–Trinajstić information content (AvgIpc) is 2.53. The number of ether oxygens (including phenoxy) is 1. The van der Waals surface area contributed by atoms with Gasteiger partial charge in [0.25, 0.3) is 0 Å². The van der Waals surface area contributed by atoms with E-state index in [-0.39, 0.29) is 11.5 Å². The van der Waals surface area contributed by atoms with Crippen molar-refractivity contribution in [1.29, 1.82) is 0 Å². The maximum absolute atomic E-state index is 9.81. The Labute approximate surface area is 99.0 Å². The Kier molecular flexibility index (Phi) is 3.84. The van der Waals surface area contributed by atoms with Crippen LogP contribution in [0.1, 0.15) is 40.0 Å². The Morgan fingerprint density at radius 1 is 1.25 bits per heavy atom. The molecule has 0 aromatic heterocycles. The molecule has 2 heteroatoms. The molecule has 0 unspecified atom stereocenters. The molecule has 2 aliphatic rings. The van der Waals surface area contributed by atoms with Crippen molar-refractivity contribution in [1.82, 2.24) is 0 Å². The van der Waals surface area contributed by atoms with Gasteiger partial charge in [0.15, 0.2) is 0 Å². The highest BCUT2D eigenvalue weighted by atomic mass is 16.5. The molecule has 2 saturated carbocycles. The van der Waals surface area contributed by atoms with Gasteiger partial charge in [0.2, 0.25) is 0 Å². The van der Waals surface area contributed by atoms with Gasteiger partial charge in [-0.2, -0.15) is 0 Å². The van der Waals surface area contributed by atoms with E-state index in [1.165, 1.54) is 25.4 Å². The Hall–Kier alpha value is -0.760. The molecule has 0 heterocycles. The van der Waals surface area contributed by atoms with Crippen LogP contribution in [0.2, 0.25) is 0 Å². The normalized spacial score (nSPS) is 38.5. The maximum Gasteiger partial charge on any atom is 0.0829 e. The highest BCUT2D eigenvalue weighted by Crippen LogP contribution is 2.65. The fourth-order valence-electron chi connectivity index (χ4n) is 3.23. The minimum absolute atomic E-state index is 0.0313. The van der Waals surface area contributed by atoms with Gasteiger partial charge in [-0.3, -0.25) is 0 Å². The van der Waals surface area contributed by atoms with Crippen molar-refractivity contribution < 1.29 is 9.84 Å². The summed E-state index contributed by atoms with van der Waals surface area (Å²) in [4.78, 5) is 0. The molecular weight excluding hydrogens is 200 g/mol. The summed E-state index contributed by atoms with van der Waals surface area (Å²) >= 11 is 0. The molecule has 16 heavy (non-hydrogen) atoms. The largest absolute Gasteiger partial charge is 0.474 e. The molecule has 0 amide bonds. The summed E-state index contributed by atoms with van der Waals surface area (Å²) in [5.74, 6) is 0.780. The first kappa shape index (κ1) is 13.3. The van der Waals surface area contributed by atoms with Crippen molar-refractivity contribution in [2.24, 2.45) is 16.7 Å². The number of aliphatic hydroxyl groups is 1. The number of fused-ring (bicyclic) bond motifs is 2. The Morgan fingerprint density at radius 3 is 1.94 bits per heavy atom. The summed E-state index contributed by atoms with van der Waals surface area (Å²) in [6, 6.07) is 0. The molecule has 3 atom stereocenters. The second-order valence-corrected chi connectivity index (χ2v) is 5.60. The monoisotopic (exact) mass is 224 g/mol. The van der Waals surface area contributed by atoms with E-state index in [0.717, 1.165) is 12.3 Å². The van der Waals surface area contributed by atoms with Crippen LogP contribution in [0.4, 0.5) is 0 Å². The number of hydrogen-bond donors (Lipinski definition) is 1. The predicted molar refractivity (Wildman–Crippen MR) is 66.7 cm³/mol. The lowest BCUT2D eigenvalue weighted by Crippen LogP contribution is -2.35. The van der Waals surface area contributed by atoms with Crippen LogP contribution >= 0.6 is 0 Å². The Balaban J connectivity index is 0.000000221. The molecule has 2 fully saturated rings. The van der Waals surface area contributed by atoms with Crippen LogP contribution in [0.3, 0.4) is 0 Å². The van der Waals surface area contributed by atoms with Gasteiger partial charge in [-0.1, -0.05) is 33.9 Å². The smallest absolute Gasteiger partial charge is 0.0829 e. The van der Waals surface area contributed by atoms with Gasteiger partial charge in [0.05, 0.1) is 18.6 Å². The van der Waals surface area contributed by atoms with Crippen molar-refractivity contribution >= 4 is 0 Å². The first-order valence-corrected chi connectivity index (χ1v) is 5.95. The van der Waals surface area contributed by atoms with Gasteiger partial charge in [-0.05, 0) is 36.0 Å². The maximum atomic E-state index is 9.81. The van der Waals surface area contributed by atoms with Crippen LogP contribution in [0.25, 0.3) is 0 Å². The second-order valence-electron chi connectivity index (χ2n) is 5.60. The third-order valence-electron chi connectivity index (χ3n) is 4.94. The fraction of sp³-hybridized carbons (Fsp3) is 0.714. The number of hydrogen-bond acceptors (Lipinski definition) is 2. The van der Waals surface area contributed by atoms with Crippen LogP contribution in [0, 0.1) is 16.7 Å². The zero-order valence-electron chi connectivity index (χ0n) is 10.7. The first-order chi connectivity index (χ1) is 7.40. The molecule has 2 bridgehead atoms. The van der Waals surface area contributed by atoms with E-state index < -0.39 is 0 Å². The summed E-state index contributed by atoms with van der Waals surface area (Å²) < 4.78 is 4.36. The molecule has 2 rings (SSSR count). The minimum Gasteiger partial charge on any atom is -0.474 e. The molecule has 1 N–H and O–H groups in total. The van der Waals surface area contributed by atoms with Crippen LogP contribution in [-0.2, 0) is 4.74 Å². The topological polar surface area (TPSA) is 29.5 Å². The lowest BCUT2D eigenvalue weighted by Gasteiger charge is -2.36. The van der Waals surface area contributed by atoms with E-state index in [4.69, 9.17) is 0 Å². The van der Waals surface area contributed by atoms with Gasteiger partial charge in [-0.15, -0.1) is 0 Å². The van der Waals surface area contributed by atoms with Crippen molar-refractivity contribution in [2.45, 2.75) is 46.1 Å². The molecule has 2 aliphatic carbocycles. The quantitative estimate of drug-likeness (QED) is 0.728. The third kappa shape index (κ3) is 1.91. The van der Waals surface area contributed by atoms with Crippen LogP contribution in [-0.4, -0.2) is 11.2 Å². The van der Waals surface area contributed by atoms with Crippen molar-refractivity contribution in [2.75, 3.05) is 0 Å². The highest BCUT2D eigenvalue weighted by molar-refractivity contribution is 5.10. The lowest BCUT2D eigenvalue weighted by atomic mass is 9.70. The minimum atomic E-state index is -0.0313. The molecule has 2 nitrogen and oxygen atoms in total. The van der Waals surface area contributed by atoms with Gasteiger partial charge < -0.3 is 9.84 Å². The Morgan fingerprint density at radius 2 is 1.81 bits per heavy atom. The van der Waals surface area contributed by atoms with E-state index in [9.17, 15) is 5.11 Å². The van der Waals surface area contributed by atoms with Crippen molar-refractivity contribution in [3.63, 3.8) is 0 Å². The molecule has 0 radical (unpaired) electrons. The van der Waals surface area contributed by atoms with Gasteiger partial charge in [0, 0.05) is 0 Å². The third-order valence-corrected chi connectivity index (χ3v) is 4.94. The molecular formula is C14H24O2. The SMILES string of the molecule is C=COC=C.CC1(C)[C@@H]2CC[C@]1(C)[C@H](O)C2. The van der Waals surface area contributed by atoms with E-state index in [1.807, 2.05) is 0 Å². The van der Waals surface area contributed by atoms with Gasteiger partial charge >= 0.3 is 0 Å². The van der Waals surface area contributed by atoms with Crippen LogP contribution in [0.15, 0.2) is 25.7 Å². The van der Waals surface area contributed by atoms with Gasteiger partial charge in [0.1, 0.15) is 0 Å². The summed E-state index contributed by atoms with van der Waals surface area (Å²) in [5.41, 5.74) is 0.601. The zero-order valence-corrected chi connectivity index (χ0v) is 10.7. The van der Waals surface area contributed by atoms with Crippen molar-refractivity contribution in [3.05, 3.63) is 25.7 Å². The molecule has 0 aliphatic heterocycles. The molecule has 0 saturated heterocycles. The van der Waals surface area contributed by atoms with Crippen LogP contribution < -0.4 is 0 Å². The summed E-state index contributed by atoms with van der Waals surface area (Å²) in [5, 5.41) is 9.81. The van der Waals surface area contributed by atoms with E-state index in [2.05, 4.69) is 38.7 Å². The highest BCUT2D eigenvalue weighted by Gasteiger charge is 2.60. The van der Waals surface area contributed by atoms with Crippen molar-refractivity contribution in [3.8, 4) is 0 Å². The number of rotatable bonds is 2. The second kappa shape index (κ2) is 4.62. The molecule has 0 aromatic carbocycles. The zero-order chi connectivity index (χ0) is 12.4. The van der Waals surface area contributed by atoms with Gasteiger partial charge in [-0.25, -0.2) is 0 Å². The summed E-state index contributed by atoms with van der Waals surface area (Å²) in [6.07, 6.45) is 6.20. The summed E-state index contributed by atoms with van der Waals surface area (Å²) in [6.45, 7) is 13.4. The number of aliphatic hydroxyl groups excluding tert-OH is 1. The molecule has 0 spiro atoms. The van der Waals surface area contributed by atoms with E-state index >= 15 is 0 Å². The molecule has 92 valence electrons. The van der Waals surface area contributed by atoms with Crippen LogP contribution in [0.5, 0.6) is 0 Å². The average molecular weight is 224 g/mol.